The van der Waals surface area contributed by atoms with E-state index in [2.05, 4.69) is 4.98 Å². The Morgan fingerprint density at radius 2 is 2.21 bits per heavy atom. The van der Waals surface area contributed by atoms with Gasteiger partial charge >= 0.3 is 0 Å². The fraction of sp³-hybridized carbons (Fsp3) is 0.143. The van der Waals surface area contributed by atoms with Crippen LogP contribution in [0, 0.1) is 5.82 Å². The van der Waals surface area contributed by atoms with E-state index in [1.165, 1.54) is 23.9 Å². The number of thioether (sulfide) groups is 1. The molecule has 0 radical (unpaired) electrons. The van der Waals surface area contributed by atoms with Crippen LogP contribution >= 0.6 is 11.8 Å². The van der Waals surface area contributed by atoms with Crippen molar-refractivity contribution >= 4 is 23.2 Å². The summed E-state index contributed by atoms with van der Waals surface area (Å²) in [6, 6.07) is 7.86. The second-order valence-corrected chi connectivity index (χ2v) is 5.08. The van der Waals surface area contributed by atoms with Gasteiger partial charge in [-0.1, -0.05) is 6.07 Å². The third-order valence-electron chi connectivity index (χ3n) is 2.52. The highest BCUT2D eigenvalue weighted by molar-refractivity contribution is 8.00. The maximum Gasteiger partial charge on any atom is 0.147 e. The summed E-state index contributed by atoms with van der Waals surface area (Å²) in [6.45, 7) is 0. The maximum absolute atomic E-state index is 13.0. The molecule has 3 nitrogen and oxygen atoms in total. The SMILES string of the molecule is Nc1ccncc1CC(=O)CSc1cccc(F)c1. The average molecular weight is 276 g/mol. The molecule has 0 atom stereocenters. The Labute approximate surface area is 115 Å². The number of rotatable bonds is 5. The van der Waals surface area contributed by atoms with Crippen LogP contribution in [0.5, 0.6) is 0 Å². The number of nitrogen functional groups attached to an aromatic ring is 1. The number of aromatic nitrogens is 1. The first-order valence-electron chi connectivity index (χ1n) is 5.73. The zero-order valence-corrected chi connectivity index (χ0v) is 11.0. The van der Waals surface area contributed by atoms with Crippen molar-refractivity contribution in [2.75, 3.05) is 11.5 Å². The van der Waals surface area contributed by atoms with Gasteiger partial charge in [0.25, 0.3) is 0 Å². The van der Waals surface area contributed by atoms with Crippen LogP contribution in [-0.4, -0.2) is 16.5 Å². The molecule has 19 heavy (non-hydrogen) atoms. The minimum Gasteiger partial charge on any atom is -0.398 e. The summed E-state index contributed by atoms with van der Waals surface area (Å²) in [7, 11) is 0. The highest BCUT2D eigenvalue weighted by atomic mass is 32.2. The first-order chi connectivity index (χ1) is 9.15. The quantitative estimate of drug-likeness (QED) is 0.853. The summed E-state index contributed by atoms with van der Waals surface area (Å²) >= 11 is 1.32. The lowest BCUT2D eigenvalue weighted by Crippen LogP contribution is -2.08. The Hall–Kier alpha value is -1.88. The monoisotopic (exact) mass is 276 g/mol. The van der Waals surface area contributed by atoms with Crippen LogP contribution in [0.1, 0.15) is 5.56 Å². The van der Waals surface area contributed by atoms with Gasteiger partial charge < -0.3 is 5.73 Å². The van der Waals surface area contributed by atoms with Gasteiger partial charge in [-0.2, -0.15) is 0 Å². The predicted molar refractivity (Wildman–Crippen MR) is 74.5 cm³/mol. The Balaban J connectivity index is 1.90. The number of benzene rings is 1. The van der Waals surface area contributed by atoms with Gasteiger partial charge in [-0.05, 0) is 24.3 Å². The number of nitrogens with zero attached hydrogens (tertiary/aromatic N) is 1. The van der Waals surface area contributed by atoms with Crippen LogP contribution in [0.25, 0.3) is 0 Å². The van der Waals surface area contributed by atoms with Crippen molar-refractivity contribution < 1.29 is 9.18 Å². The summed E-state index contributed by atoms with van der Waals surface area (Å²) in [5, 5.41) is 0. The van der Waals surface area contributed by atoms with E-state index >= 15 is 0 Å². The number of hydrogen-bond acceptors (Lipinski definition) is 4. The average Bonchev–Trinajstić information content (AvgIpc) is 2.39. The van der Waals surface area contributed by atoms with Gasteiger partial charge in [0.2, 0.25) is 0 Å². The van der Waals surface area contributed by atoms with E-state index in [9.17, 15) is 9.18 Å². The Bertz CT molecular complexity index is 589. The van der Waals surface area contributed by atoms with Gasteiger partial charge in [-0.15, -0.1) is 11.8 Å². The molecule has 0 saturated carbocycles. The molecule has 2 N–H and O–H groups in total. The molecule has 0 aliphatic rings. The highest BCUT2D eigenvalue weighted by Crippen LogP contribution is 2.19. The van der Waals surface area contributed by atoms with Crippen molar-refractivity contribution in [3.8, 4) is 0 Å². The molecule has 0 fully saturated rings. The number of anilines is 1. The summed E-state index contributed by atoms with van der Waals surface area (Å²) in [6.07, 6.45) is 3.44. The van der Waals surface area contributed by atoms with Crippen molar-refractivity contribution in [2.45, 2.75) is 11.3 Å². The summed E-state index contributed by atoms with van der Waals surface area (Å²) < 4.78 is 13.0. The van der Waals surface area contributed by atoms with Gasteiger partial charge in [-0.3, -0.25) is 9.78 Å². The van der Waals surface area contributed by atoms with Gasteiger partial charge in [-0.25, -0.2) is 4.39 Å². The van der Waals surface area contributed by atoms with Crippen molar-refractivity contribution in [3.05, 3.63) is 54.1 Å². The smallest absolute Gasteiger partial charge is 0.147 e. The van der Waals surface area contributed by atoms with Gasteiger partial charge in [0.1, 0.15) is 11.6 Å². The zero-order chi connectivity index (χ0) is 13.7. The molecule has 98 valence electrons. The molecule has 5 heteroatoms. The van der Waals surface area contributed by atoms with Crippen molar-refractivity contribution in [1.82, 2.24) is 4.98 Å². The number of carbonyl (C=O) groups excluding carboxylic acids is 1. The molecular formula is C14H13FN2OS. The Kier molecular flexibility index (Phi) is 4.52. The fourth-order valence-corrected chi connectivity index (χ4v) is 2.37. The molecule has 0 aliphatic heterocycles. The fourth-order valence-electron chi connectivity index (χ4n) is 1.57. The van der Waals surface area contributed by atoms with E-state index < -0.39 is 0 Å². The minimum absolute atomic E-state index is 0.0361. The van der Waals surface area contributed by atoms with Crippen molar-refractivity contribution in [1.29, 1.82) is 0 Å². The normalized spacial score (nSPS) is 10.4. The second-order valence-electron chi connectivity index (χ2n) is 4.04. The number of carbonyl (C=O) groups is 1. The van der Waals surface area contributed by atoms with Crippen molar-refractivity contribution in [3.63, 3.8) is 0 Å². The highest BCUT2D eigenvalue weighted by Gasteiger charge is 2.07. The van der Waals surface area contributed by atoms with E-state index in [1.807, 2.05) is 0 Å². The lowest BCUT2D eigenvalue weighted by Gasteiger charge is -2.04. The summed E-state index contributed by atoms with van der Waals surface area (Å²) in [5.41, 5.74) is 7.05. The van der Waals surface area contributed by atoms with E-state index in [0.29, 0.717) is 5.69 Å². The molecule has 0 bridgehead atoms. The van der Waals surface area contributed by atoms with Crippen LogP contribution in [-0.2, 0) is 11.2 Å². The lowest BCUT2D eigenvalue weighted by atomic mass is 10.1. The van der Waals surface area contributed by atoms with E-state index in [4.69, 9.17) is 5.73 Å². The first kappa shape index (κ1) is 13.5. The third-order valence-corrected chi connectivity index (χ3v) is 3.58. The molecular weight excluding hydrogens is 263 g/mol. The van der Waals surface area contributed by atoms with Crippen LogP contribution in [0.4, 0.5) is 10.1 Å². The summed E-state index contributed by atoms with van der Waals surface area (Å²) in [4.78, 5) is 16.5. The molecule has 0 spiro atoms. The topological polar surface area (TPSA) is 56.0 Å². The van der Waals surface area contributed by atoms with Gasteiger partial charge in [0.05, 0.1) is 5.75 Å². The van der Waals surface area contributed by atoms with E-state index in [0.717, 1.165) is 10.5 Å². The zero-order valence-electron chi connectivity index (χ0n) is 10.2. The third kappa shape index (κ3) is 4.06. The number of Topliss-reactive ketones (excluding diaryl/α,β-unsaturated/α-hetero) is 1. The largest absolute Gasteiger partial charge is 0.398 e. The predicted octanol–water partition coefficient (Wildman–Crippen LogP) is 2.71. The molecule has 0 saturated heterocycles. The Morgan fingerprint density at radius 3 is 2.95 bits per heavy atom. The number of ketones is 1. The van der Waals surface area contributed by atoms with Crippen LogP contribution < -0.4 is 5.73 Å². The summed E-state index contributed by atoms with van der Waals surface area (Å²) in [5.74, 6) is 0.0283. The number of nitrogens with two attached hydrogens (primary N) is 1. The van der Waals surface area contributed by atoms with E-state index in [1.54, 1.807) is 30.6 Å². The molecule has 1 heterocycles. The lowest BCUT2D eigenvalue weighted by molar-refractivity contribution is -0.116. The number of hydrogen-bond donors (Lipinski definition) is 1. The molecule has 1 aromatic carbocycles. The maximum atomic E-state index is 13.0. The number of halogens is 1. The number of pyridine rings is 1. The van der Waals surface area contributed by atoms with E-state index in [-0.39, 0.29) is 23.8 Å². The molecule has 0 aliphatic carbocycles. The van der Waals surface area contributed by atoms with Crippen molar-refractivity contribution in [2.24, 2.45) is 0 Å². The minimum atomic E-state index is -0.297. The van der Waals surface area contributed by atoms with Crippen LogP contribution in [0.3, 0.4) is 0 Å². The second kappa shape index (κ2) is 6.33. The molecule has 0 amide bonds. The molecule has 2 aromatic rings. The van der Waals surface area contributed by atoms with Gasteiger partial charge in [0, 0.05) is 35.0 Å². The van der Waals surface area contributed by atoms with Gasteiger partial charge in [0.15, 0.2) is 0 Å². The standard InChI is InChI=1S/C14H13FN2OS/c15-11-2-1-3-13(7-11)19-9-12(18)6-10-8-17-5-4-14(10)16/h1-5,7-8H,6,9H2,(H2,16,17). The van der Waals surface area contributed by atoms with Crippen LogP contribution in [0.2, 0.25) is 0 Å². The Morgan fingerprint density at radius 1 is 1.37 bits per heavy atom. The van der Waals surface area contributed by atoms with Crippen LogP contribution in [0.15, 0.2) is 47.6 Å². The molecule has 2 rings (SSSR count). The molecule has 1 aromatic heterocycles. The first-order valence-corrected chi connectivity index (χ1v) is 6.72. The molecule has 0 unspecified atom stereocenters.